The third-order valence-corrected chi connectivity index (χ3v) is 4.69. The molecule has 0 radical (unpaired) electrons. The zero-order valence-electron chi connectivity index (χ0n) is 12.7. The van der Waals surface area contributed by atoms with Crippen LogP contribution in [0.5, 0.6) is 11.5 Å². The van der Waals surface area contributed by atoms with E-state index in [1.165, 1.54) is 25.7 Å². The lowest BCUT2D eigenvalue weighted by Crippen LogP contribution is -2.35. The standard InChI is InChI=1S/C17H25NO3/c1-12(13-4-2-3-5-13)18-11-15(19)14-6-7-16-17(10-14)21-9-8-20-16/h6-7,10,12-13,15,18-19H,2-5,8-9,11H2,1H3. The molecular weight excluding hydrogens is 266 g/mol. The maximum Gasteiger partial charge on any atom is 0.161 e. The molecule has 1 aromatic carbocycles. The van der Waals surface area contributed by atoms with Crippen LogP contribution < -0.4 is 14.8 Å². The van der Waals surface area contributed by atoms with Crippen LogP contribution in [-0.2, 0) is 0 Å². The highest BCUT2D eigenvalue weighted by Gasteiger charge is 2.22. The van der Waals surface area contributed by atoms with Gasteiger partial charge in [0.25, 0.3) is 0 Å². The fourth-order valence-electron chi connectivity index (χ4n) is 3.31. The fourth-order valence-corrected chi connectivity index (χ4v) is 3.31. The van der Waals surface area contributed by atoms with Crippen LogP contribution in [-0.4, -0.2) is 30.9 Å². The monoisotopic (exact) mass is 291 g/mol. The summed E-state index contributed by atoms with van der Waals surface area (Å²) in [6.07, 6.45) is 4.82. The second kappa shape index (κ2) is 6.67. The second-order valence-electron chi connectivity index (χ2n) is 6.16. The van der Waals surface area contributed by atoms with E-state index in [1.54, 1.807) is 0 Å². The highest BCUT2D eigenvalue weighted by molar-refractivity contribution is 5.44. The molecule has 1 heterocycles. The van der Waals surface area contributed by atoms with Crippen LogP contribution in [0.1, 0.15) is 44.3 Å². The molecule has 2 atom stereocenters. The summed E-state index contributed by atoms with van der Waals surface area (Å²) in [4.78, 5) is 0. The van der Waals surface area contributed by atoms with Crippen molar-refractivity contribution in [1.82, 2.24) is 5.32 Å². The van der Waals surface area contributed by atoms with E-state index in [1.807, 2.05) is 18.2 Å². The quantitative estimate of drug-likeness (QED) is 0.875. The maximum absolute atomic E-state index is 10.4. The summed E-state index contributed by atoms with van der Waals surface area (Å²) in [5.41, 5.74) is 0.880. The van der Waals surface area contributed by atoms with E-state index >= 15 is 0 Å². The molecule has 2 N–H and O–H groups in total. The number of rotatable bonds is 5. The van der Waals surface area contributed by atoms with Crippen molar-refractivity contribution in [2.45, 2.75) is 44.8 Å². The first-order chi connectivity index (χ1) is 10.2. The summed E-state index contributed by atoms with van der Waals surface area (Å²) >= 11 is 0. The van der Waals surface area contributed by atoms with E-state index < -0.39 is 6.10 Å². The molecule has 21 heavy (non-hydrogen) atoms. The van der Waals surface area contributed by atoms with E-state index in [9.17, 15) is 5.11 Å². The molecule has 1 fully saturated rings. The Morgan fingerprint density at radius 3 is 2.67 bits per heavy atom. The molecule has 0 aromatic heterocycles. The number of benzene rings is 1. The Balaban J connectivity index is 1.56. The van der Waals surface area contributed by atoms with Crippen LogP contribution in [0.25, 0.3) is 0 Å². The van der Waals surface area contributed by atoms with Gasteiger partial charge in [-0.25, -0.2) is 0 Å². The average molecular weight is 291 g/mol. The molecule has 116 valence electrons. The van der Waals surface area contributed by atoms with Gasteiger partial charge in [0.2, 0.25) is 0 Å². The first-order valence-electron chi connectivity index (χ1n) is 8.05. The Hall–Kier alpha value is -1.26. The maximum atomic E-state index is 10.4. The summed E-state index contributed by atoms with van der Waals surface area (Å²) in [6.45, 7) is 3.97. The largest absolute Gasteiger partial charge is 0.486 e. The smallest absolute Gasteiger partial charge is 0.161 e. The molecule has 4 heteroatoms. The Morgan fingerprint density at radius 1 is 1.19 bits per heavy atom. The van der Waals surface area contributed by atoms with E-state index in [4.69, 9.17) is 9.47 Å². The van der Waals surface area contributed by atoms with E-state index in [0.717, 1.165) is 23.0 Å². The van der Waals surface area contributed by atoms with Gasteiger partial charge in [0, 0.05) is 12.6 Å². The van der Waals surface area contributed by atoms with Crippen LogP contribution in [0.3, 0.4) is 0 Å². The summed E-state index contributed by atoms with van der Waals surface area (Å²) in [5.74, 6) is 2.27. The highest BCUT2D eigenvalue weighted by Crippen LogP contribution is 2.33. The summed E-state index contributed by atoms with van der Waals surface area (Å²) < 4.78 is 11.1. The molecule has 1 aliphatic carbocycles. The van der Waals surface area contributed by atoms with Gasteiger partial charge >= 0.3 is 0 Å². The Morgan fingerprint density at radius 2 is 1.90 bits per heavy atom. The van der Waals surface area contributed by atoms with E-state index in [0.29, 0.717) is 25.8 Å². The van der Waals surface area contributed by atoms with Gasteiger partial charge < -0.3 is 19.9 Å². The summed E-state index contributed by atoms with van der Waals surface area (Å²) in [5, 5.41) is 13.8. The lowest BCUT2D eigenvalue weighted by atomic mass is 9.99. The molecule has 1 aliphatic heterocycles. The SMILES string of the molecule is CC(NCC(O)c1ccc2c(c1)OCCO2)C1CCCC1. The van der Waals surface area contributed by atoms with Crippen LogP contribution in [0.2, 0.25) is 0 Å². The van der Waals surface area contributed by atoms with Crippen molar-refractivity contribution in [3.8, 4) is 11.5 Å². The summed E-state index contributed by atoms with van der Waals surface area (Å²) in [7, 11) is 0. The zero-order valence-corrected chi connectivity index (χ0v) is 12.7. The highest BCUT2D eigenvalue weighted by atomic mass is 16.6. The number of nitrogens with one attached hydrogen (secondary N) is 1. The van der Waals surface area contributed by atoms with Gasteiger partial charge in [0.15, 0.2) is 11.5 Å². The van der Waals surface area contributed by atoms with Crippen molar-refractivity contribution >= 4 is 0 Å². The fraction of sp³-hybridized carbons (Fsp3) is 0.647. The van der Waals surface area contributed by atoms with Crippen LogP contribution in [0.4, 0.5) is 0 Å². The molecule has 2 unspecified atom stereocenters. The average Bonchev–Trinajstić information content (AvgIpc) is 3.06. The van der Waals surface area contributed by atoms with Crippen molar-refractivity contribution in [2.75, 3.05) is 19.8 Å². The Kier molecular flexibility index (Phi) is 4.66. The topological polar surface area (TPSA) is 50.7 Å². The number of ether oxygens (including phenoxy) is 2. The molecule has 1 aromatic rings. The molecular formula is C17H25NO3. The van der Waals surface area contributed by atoms with Crippen molar-refractivity contribution in [3.05, 3.63) is 23.8 Å². The lowest BCUT2D eigenvalue weighted by molar-refractivity contribution is 0.158. The number of fused-ring (bicyclic) bond motifs is 1. The van der Waals surface area contributed by atoms with Crippen molar-refractivity contribution in [3.63, 3.8) is 0 Å². The lowest BCUT2D eigenvalue weighted by Gasteiger charge is -2.23. The number of aliphatic hydroxyl groups is 1. The van der Waals surface area contributed by atoms with Crippen LogP contribution >= 0.6 is 0 Å². The van der Waals surface area contributed by atoms with Crippen molar-refractivity contribution < 1.29 is 14.6 Å². The number of hydrogen-bond acceptors (Lipinski definition) is 4. The minimum atomic E-state index is -0.510. The first-order valence-corrected chi connectivity index (χ1v) is 8.05. The van der Waals surface area contributed by atoms with Gasteiger partial charge in [-0.3, -0.25) is 0 Å². The third-order valence-electron chi connectivity index (χ3n) is 4.69. The minimum absolute atomic E-state index is 0.472. The molecule has 3 rings (SSSR count). The molecule has 0 amide bonds. The second-order valence-corrected chi connectivity index (χ2v) is 6.16. The Bertz CT molecular complexity index is 471. The molecule has 4 nitrogen and oxygen atoms in total. The number of hydrogen-bond donors (Lipinski definition) is 2. The molecule has 1 saturated carbocycles. The predicted octanol–water partition coefficient (Wildman–Crippen LogP) is 2.66. The van der Waals surface area contributed by atoms with Crippen LogP contribution in [0.15, 0.2) is 18.2 Å². The van der Waals surface area contributed by atoms with E-state index in [2.05, 4.69) is 12.2 Å². The first kappa shape index (κ1) is 14.7. The molecule has 0 bridgehead atoms. The third kappa shape index (κ3) is 3.50. The van der Waals surface area contributed by atoms with Gasteiger partial charge in [0.05, 0.1) is 6.10 Å². The van der Waals surface area contributed by atoms with Gasteiger partial charge in [-0.1, -0.05) is 18.9 Å². The minimum Gasteiger partial charge on any atom is -0.486 e. The van der Waals surface area contributed by atoms with Crippen molar-refractivity contribution in [2.24, 2.45) is 5.92 Å². The molecule has 0 saturated heterocycles. The van der Waals surface area contributed by atoms with Crippen molar-refractivity contribution in [1.29, 1.82) is 0 Å². The van der Waals surface area contributed by atoms with Gasteiger partial charge in [-0.05, 0) is 43.4 Å². The van der Waals surface area contributed by atoms with Gasteiger partial charge in [0.1, 0.15) is 13.2 Å². The Labute approximate surface area is 126 Å². The van der Waals surface area contributed by atoms with Crippen LogP contribution in [0, 0.1) is 5.92 Å². The van der Waals surface area contributed by atoms with Gasteiger partial charge in [-0.2, -0.15) is 0 Å². The summed E-state index contributed by atoms with van der Waals surface area (Å²) in [6, 6.07) is 6.16. The predicted molar refractivity (Wildman–Crippen MR) is 81.8 cm³/mol. The normalized spacial score (nSPS) is 21.2. The molecule has 2 aliphatic rings. The van der Waals surface area contributed by atoms with E-state index in [-0.39, 0.29) is 0 Å². The number of aliphatic hydroxyl groups excluding tert-OH is 1. The van der Waals surface area contributed by atoms with Gasteiger partial charge in [-0.15, -0.1) is 0 Å². The molecule has 0 spiro atoms. The zero-order chi connectivity index (χ0) is 14.7.